The number of carbonyl (C=O) groups is 3. The average Bonchev–Trinajstić information content (AvgIpc) is 2.87. The summed E-state index contributed by atoms with van der Waals surface area (Å²) in [6.45, 7) is -2.38. The zero-order valence-corrected chi connectivity index (χ0v) is 19.3. The number of hydrogen-bond donors (Lipinski definition) is 1. The molecular formula is C25H26F2N2O6. The minimum atomic E-state index is -3.13. The maximum Gasteiger partial charge on any atom is 0.387 e. The van der Waals surface area contributed by atoms with Gasteiger partial charge in [-0.2, -0.15) is 8.78 Å². The van der Waals surface area contributed by atoms with Crippen LogP contribution in [0.3, 0.4) is 0 Å². The first-order valence-electron chi connectivity index (χ1n) is 10.9. The molecule has 1 N–H and O–H groups in total. The predicted molar refractivity (Wildman–Crippen MR) is 124 cm³/mol. The molecule has 10 heteroatoms. The number of hydrogen-bond acceptors (Lipinski definition) is 6. The lowest BCUT2D eigenvalue weighted by Crippen LogP contribution is -2.40. The van der Waals surface area contributed by atoms with Crippen LogP contribution in [0.1, 0.15) is 28.8 Å². The second kappa shape index (κ2) is 12.0. The number of halogens is 2. The second-order valence-electron chi connectivity index (χ2n) is 7.75. The lowest BCUT2D eigenvalue weighted by atomic mass is 9.95. The predicted octanol–water partition coefficient (Wildman–Crippen LogP) is 3.97. The van der Waals surface area contributed by atoms with E-state index < -0.39 is 24.4 Å². The monoisotopic (exact) mass is 488 g/mol. The Balaban J connectivity index is 1.67. The number of nitrogens with zero attached hydrogens (tertiary/aromatic N) is 1. The average molecular weight is 488 g/mol. The fourth-order valence-electron chi connectivity index (χ4n) is 3.72. The number of amides is 2. The van der Waals surface area contributed by atoms with E-state index in [1.807, 2.05) is 30.3 Å². The van der Waals surface area contributed by atoms with Crippen molar-refractivity contribution in [3.8, 4) is 11.5 Å². The minimum absolute atomic E-state index is 0.0393. The van der Waals surface area contributed by atoms with Gasteiger partial charge in [0.2, 0.25) is 11.8 Å². The number of carbonyl (C=O) groups excluding carboxylic acids is 3. The van der Waals surface area contributed by atoms with Crippen LogP contribution in [-0.2, 0) is 14.3 Å². The summed E-state index contributed by atoms with van der Waals surface area (Å²) in [5.74, 6) is -2.23. The van der Waals surface area contributed by atoms with Gasteiger partial charge in [-0.05, 0) is 24.5 Å². The quantitative estimate of drug-likeness (QED) is 0.446. The summed E-state index contributed by atoms with van der Waals surface area (Å²) in [5.41, 5.74) is 0.798. The Morgan fingerprint density at radius 3 is 2.34 bits per heavy atom. The zero-order chi connectivity index (χ0) is 25.4. The first-order chi connectivity index (χ1) is 16.8. The van der Waals surface area contributed by atoms with Gasteiger partial charge in [0.15, 0.2) is 11.5 Å². The highest BCUT2D eigenvalue weighted by Crippen LogP contribution is 2.35. The molecule has 35 heavy (non-hydrogen) atoms. The van der Waals surface area contributed by atoms with Crippen LogP contribution in [0, 0.1) is 5.92 Å². The molecule has 0 aromatic heterocycles. The van der Waals surface area contributed by atoms with Crippen molar-refractivity contribution in [1.82, 2.24) is 4.90 Å². The van der Waals surface area contributed by atoms with Crippen molar-refractivity contribution in [2.24, 2.45) is 5.92 Å². The van der Waals surface area contributed by atoms with E-state index in [4.69, 9.17) is 9.47 Å². The molecule has 0 atom stereocenters. The van der Waals surface area contributed by atoms with Crippen LogP contribution >= 0.6 is 0 Å². The van der Waals surface area contributed by atoms with Gasteiger partial charge in [-0.3, -0.25) is 9.59 Å². The number of alkyl halides is 2. The summed E-state index contributed by atoms with van der Waals surface area (Å²) >= 11 is 0. The smallest absolute Gasteiger partial charge is 0.387 e. The van der Waals surface area contributed by atoms with Gasteiger partial charge in [0.05, 0.1) is 25.5 Å². The van der Waals surface area contributed by atoms with E-state index in [-0.39, 0.29) is 28.7 Å². The lowest BCUT2D eigenvalue weighted by molar-refractivity contribution is -0.130. The van der Waals surface area contributed by atoms with Crippen molar-refractivity contribution < 1.29 is 37.4 Å². The number of methoxy groups -OCH3 is 2. The lowest BCUT2D eigenvalue weighted by Gasteiger charge is -2.30. The van der Waals surface area contributed by atoms with Crippen molar-refractivity contribution in [2.45, 2.75) is 19.5 Å². The normalized spacial score (nSPS) is 14.1. The highest BCUT2D eigenvalue weighted by molar-refractivity contribution is 6.03. The summed E-state index contributed by atoms with van der Waals surface area (Å²) < 4.78 is 39.8. The van der Waals surface area contributed by atoms with Crippen LogP contribution in [-0.4, -0.2) is 56.6 Å². The van der Waals surface area contributed by atoms with Crippen molar-refractivity contribution in [2.75, 3.05) is 32.6 Å². The molecule has 2 aromatic carbocycles. The molecule has 0 spiro atoms. The van der Waals surface area contributed by atoms with Gasteiger partial charge in [-0.1, -0.05) is 30.3 Å². The summed E-state index contributed by atoms with van der Waals surface area (Å²) in [7, 11) is 2.39. The molecule has 1 aliphatic rings. The molecule has 0 saturated carbocycles. The zero-order valence-electron chi connectivity index (χ0n) is 19.3. The van der Waals surface area contributed by atoms with Crippen molar-refractivity contribution in [3.63, 3.8) is 0 Å². The third-order valence-electron chi connectivity index (χ3n) is 5.58. The molecule has 1 saturated heterocycles. The molecule has 3 rings (SSSR count). The van der Waals surface area contributed by atoms with E-state index in [9.17, 15) is 23.2 Å². The van der Waals surface area contributed by atoms with E-state index in [0.717, 1.165) is 18.7 Å². The maximum absolute atomic E-state index is 12.9. The van der Waals surface area contributed by atoms with Gasteiger partial charge in [-0.15, -0.1) is 0 Å². The number of anilines is 1. The van der Waals surface area contributed by atoms with Gasteiger partial charge in [-0.25, -0.2) is 4.79 Å². The van der Waals surface area contributed by atoms with Crippen molar-refractivity contribution in [3.05, 3.63) is 59.7 Å². The van der Waals surface area contributed by atoms with Crippen molar-refractivity contribution in [1.29, 1.82) is 0 Å². The number of likely N-dealkylation sites (tertiary alicyclic amines) is 1. The van der Waals surface area contributed by atoms with Crippen LogP contribution in [0.2, 0.25) is 0 Å². The first kappa shape index (κ1) is 25.7. The fourth-order valence-corrected chi connectivity index (χ4v) is 3.72. The number of piperidine rings is 1. The minimum Gasteiger partial charge on any atom is -0.493 e. The molecule has 186 valence electrons. The number of ether oxygens (including phenoxy) is 3. The molecule has 0 radical (unpaired) electrons. The Bertz CT molecular complexity index is 1080. The topological polar surface area (TPSA) is 94.2 Å². The van der Waals surface area contributed by atoms with Crippen LogP contribution in [0.25, 0.3) is 6.08 Å². The fraction of sp³-hybridized carbons (Fsp3) is 0.320. The van der Waals surface area contributed by atoms with Crippen LogP contribution in [0.15, 0.2) is 48.5 Å². The molecule has 1 fully saturated rings. The van der Waals surface area contributed by atoms with Crippen LogP contribution < -0.4 is 14.8 Å². The van der Waals surface area contributed by atoms with Crippen LogP contribution in [0.5, 0.6) is 11.5 Å². The molecule has 2 aromatic rings. The third kappa shape index (κ3) is 6.78. The van der Waals surface area contributed by atoms with E-state index in [2.05, 4.69) is 10.1 Å². The molecule has 2 amide bonds. The molecule has 0 aliphatic carbocycles. The Morgan fingerprint density at radius 1 is 1.06 bits per heavy atom. The van der Waals surface area contributed by atoms with Gasteiger partial charge in [0, 0.05) is 37.2 Å². The highest BCUT2D eigenvalue weighted by atomic mass is 19.3. The third-order valence-corrected chi connectivity index (χ3v) is 5.58. The van der Waals surface area contributed by atoms with Gasteiger partial charge >= 0.3 is 12.6 Å². The standard InChI is InChI=1S/C25H26F2N2O6/c1-33-20-14-18(24(32)34-2)19(15-21(20)35-25(26)27)28-23(31)17-10-12-29(13-11-17)22(30)9-8-16-6-4-3-5-7-16/h3-9,14-15,17,25H,10-13H2,1-2H3,(H,28,31)/b9-8+. The molecule has 0 bridgehead atoms. The molecule has 8 nitrogen and oxygen atoms in total. The first-order valence-corrected chi connectivity index (χ1v) is 10.9. The largest absolute Gasteiger partial charge is 0.493 e. The summed E-state index contributed by atoms with van der Waals surface area (Å²) in [4.78, 5) is 39.2. The Hall–Kier alpha value is -3.95. The van der Waals surface area contributed by atoms with Crippen LogP contribution in [0.4, 0.5) is 14.5 Å². The van der Waals surface area contributed by atoms with E-state index in [1.54, 1.807) is 11.0 Å². The number of rotatable bonds is 8. The second-order valence-corrected chi connectivity index (χ2v) is 7.75. The highest BCUT2D eigenvalue weighted by Gasteiger charge is 2.28. The number of nitrogens with one attached hydrogen (secondary N) is 1. The molecule has 1 heterocycles. The van der Waals surface area contributed by atoms with Gasteiger partial charge < -0.3 is 24.4 Å². The van der Waals surface area contributed by atoms with E-state index >= 15 is 0 Å². The summed E-state index contributed by atoms with van der Waals surface area (Å²) in [6, 6.07) is 11.7. The summed E-state index contributed by atoms with van der Waals surface area (Å²) in [5, 5.41) is 2.61. The van der Waals surface area contributed by atoms with Crippen molar-refractivity contribution >= 4 is 29.5 Å². The van der Waals surface area contributed by atoms with E-state index in [1.165, 1.54) is 19.3 Å². The van der Waals surface area contributed by atoms with Gasteiger partial charge in [0.1, 0.15) is 0 Å². The van der Waals surface area contributed by atoms with Gasteiger partial charge in [0.25, 0.3) is 0 Å². The SMILES string of the molecule is COC(=O)c1cc(OC)c(OC(F)F)cc1NC(=O)C1CCN(C(=O)/C=C/c2ccccc2)CC1. The number of esters is 1. The Kier molecular flexibility index (Phi) is 8.77. The summed E-state index contributed by atoms with van der Waals surface area (Å²) in [6.07, 6.45) is 4.04. The Labute approximate surface area is 201 Å². The van der Waals surface area contributed by atoms with E-state index in [0.29, 0.717) is 25.9 Å². The maximum atomic E-state index is 12.9. The molecular weight excluding hydrogens is 462 g/mol. The molecule has 1 aliphatic heterocycles. The molecule has 0 unspecified atom stereocenters. The Morgan fingerprint density at radius 2 is 1.74 bits per heavy atom. The number of benzene rings is 2.